The molecule has 1 aromatic heterocycles. The molecule has 5 N–H and O–H groups in total. The number of H-pyrrole nitrogens is 1. The van der Waals surface area contributed by atoms with Gasteiger partial charge >= 0.3 is 0 Å². The Kier molecular flexibility index (Phi) is 8.85. The van der Waals surface area contributed by atoms with Gasteiger partial charge in [-0.1, -0.05) is 68.8 Å². The maximum absolute atomic E-state index is 13.9. The van der Waals surface area contributed by atoms with E-state index in [4.69, 9.17) is 0 Å². The molecule has 1 fully saturated rings. The lowest BCUT2D eigenvalue weighted by Gasteiger charge is -2.44. The number of benzene rings is 2. The molecule has 5 rings (SSSR count). The van der Waals surface area contributed by atoms with Gasteiger partial charge in [0, 0.05) is 44.6 Å². The van der Waals surface area contributed by atoms with Crippen LogP contribution < -0.4 is 10.6 Å². The van der Waals surface area contributed by atoms with Crippen LogP contribution in [-0.4, -0.2) is 38.8 Å². The molecule has 1 aliphatic carbocycles. The first kappa shape index (κ1) is 32.5. The minimum Gasteiger partial charge on any atom is -0.508 e. The van der Waals surface area contributed by atoms with Crippen molar-refractivity contribution in [2.24, 2.45) is 11.8 Å². The van der Waals surface area contributed by atoms with E-state index in [0.29, 0.717) is 43.1 Å². The standard InChI is InChI=1S/C38H43N3O5/c1-7-37(5,6)34-28(26-10-8-9-11-30(26)39-34)19-31-35(45)41-38(36(46)40-31)20-24(14-13-23(38)4)15-17-27-29(21-42)33(44)25(18-32(27)43)16-12-22(2)3/h7-14,18-19,21,23-24,39,43-44H,1,15-17,20H2,2-6H3,(H,40,46)(H,41,45)/b31-19-/t23-,24-,38+/m0/s1. The van der Waals surface area contributed by atoms with Gasteiger partial charge < -0.3 is 25.8 Å². The van der Waals surface area contributed by atoms with Crippen LogP contribution in [0.1, 0.15) is 80.2 Å². The number of allylic oxidation sites excluding steroid dienone is 4. The van der Waals surface area contributed by atoms with Crippen molar-refractivity contribution in [2.45, 2.75) is 71.3 Å². The minimum absolute atomic E-state index is 0.0466. The Morgan fingerprint density at radius 3 is 2.57 bits per heavy atom. The first-order valence-corrected chi connectivity index (χ1v) is 15.7. The molecule has 1 aliphatic heterocycles. The van der Waals surface area contributed by atoms with E-state index in [0.717, 1.165) is 27.7 Å². The smallest absolute Gasteiger partial charge is 0.268 e. The number of aldehydes is 1. The maximum atomic E-state index is 13.9. The molecule has 0 unspecified atom stereocenters. The van der Waals surface area contributed by atoms with Crippen molar-refractivity contribution >= 4 is 35.1 Å². The van der Waals surface area contributed by atoms with Gasteiger partial charge in [-0.15, -0.1) is 6.58 Å². The molecule has 240 valence electrons. The average molecular weight is 622 g/mol. The van der Waals surface area contributed by atoms with Crippen molar-refractivity contribution < 1.29 is 24.6 Å². The van der Waals surface area contributed by atoms with Gasteiger partial charge in [-0.25, -0.2) is 0 Å². The summed E-state index contributed by atoms with van der Waals surface area (Å²) >= 11 is 0. The predicted octanol–water partition coefficient (Wildman–Crippen LogP) is 6.53. The second kappa shape index (κ2) is 12.5. The Bertz CT molecular complexity index is 1820. The zero-order chi connectivity index (χ0) is 33.4. The van der Waals surface area contributed by atoms with Gasteiger partial charge in [0.05, 0.1) is 5.56 Å². The van der Waals surface area contributed by atoms with Crippen LogP contribution in [0.25, 0.3) is 17.0 Å². The van der Waals surface area contributed by atoms with Crippen molar-refractivity contribution in [3.05, 3.63) is 100 Å². The monoisotopic (exact) mass is 621 g/mol. The van der Waals surface area contributed by atoms with E-state index in [2.05, 4.69) is 22.2 Å². The third-order valence-corrected chi connectivity index (χ3v) is 9.58. The Morgan fingerprint density at radius 2 is 1.87 bits per heavy atom. The summed E-state index contributed by atoms with van der Waals surface area (Å²) in [4.78, 5) is 43.0. The number of aromatic amines is 1. The molecule has 46 heavy (non-hydrogen) atoms. The zero-order valence-corrected chi connectivity index (χ0v) is 27.2. The van der Waals surface area contributed by atoms with Gasteiger partial charge in [0.2, 0.25) is 0 Å². The third-order valence-electron chi connectivity index (χ3n) is 9.58. The van der Waals surface area contributed by atoms with E-state index in [9.17, 15) is 24.6 Å². The molecule has 2 heterocycles. The summed E-state index contributed by atoms with van der Waals surface area (Å²) in [6, 6.07) is 9.34. The molecular weight excluding hydrogens is 578 g/mol. The number of rotatable bonds is 9. The Balaban J connectivity index is 1.39. The molecule has 2 aromatic carbocycles. The normalized spacial score (nSPS) is 22.2. The van der Waals surface area contributed by atoms with Gasteiger partial charge in [-0.3, -0.25) is 14.4 Å². The van der Waals surface area contributed by atoms with Crippen LogP contribution in [-0.2, 0) is 27.8 Å². The summed E-state index contributed by atoms with van der Waals surface area (Å²) in [5, 5.41) is 28.5. The van der Waals surface area contributed by atoms with Crippen LogP contribution in [0.15, 0.2) is 72.5 Å². The highest BCUT2D eigenvalue weighted by Crippen LogP contribution is 2.40. The number of aromatic nitrogens is 1. The average Bonchev–Trinajstić information content (AvgIpc) is 3.40. The number of carbonyl (C=O) groups excluding carboxylic acids is 3. The van der Waals surface area contributed by atoms with Gasteiger partial charge in [-0.05, 0) is 63.7 Å². The summed E-state index contributed by atoms with van der Waals surface area (Å²) in [7, 11) is 0. The molecule has 0 saturated carbocycles. The highest BCUT2D eigenvalue weighted by molar-refractivity contribution is 6.10. The highest BCUT2D eigenvalue weighted by Gasteiger charge is 2.50. The van der Waals surface area contributed by atoms with E-state index >= 15 is 0 Å². The Labute approximate surface area is 270 Å². The fourth-order valence-electron chi connectivity index (χ4n) is 6.57. The second-order valence-electron chi connectivity index (χ2n) is 13.4. The Morgan fingerprint density at radius 1 is 1.13 bits per heavy atom. The highest BCUT2D eigenvalue weighted by atomic mass is 16.3. The number of nitrogens with one attached hydrogen (secondary N) is 3. The van der Waals surface area contributed by atoms with Crippen LogP contribution in [0.4, 0.5) is 0 Å². The zero-order valence-electron chi connectivity index (χ0n) is 27.2. The second-order valence-corrected chi connectivity index (χ2v) is 13.4. The molecule has 2 aliphatic rings. The van der Waals surface area contributed by atoms with Crippen molar-refractivity contribution in [3.63, 3.8) is 0 Å². The summed E-state index contributed by atoms with van der Waals surface area (Å²) < 4.78 is 0. The topological polar surface area (TPSA) is 132 Å². The molecule has 2 amide bonds. The summed E-state index contributed by atoms with van der Waals surface area (Å²) in [5.74, 6) is -1.23. The van der Waals surface area contributed by atoms with Crippen LogP contribution >= 0.6 is 0 Å². The van der Waals surface area contributed by atoms with Crippen molar-refractivity contribution in [3.8, 4) is 11.5 Å². The fraction of sp³-hybridized carbons (Fsp3) is 0.342. The van der Waals surface area contributed by atoms with Gasteiger partial charge in [0.1, 0.15) is 22.7 Å². The molecule has 1 spiro atoms. The minimum atomic E-state index is -1.16. The lowest BCUT2D eigenvalue weighted by atomic mass is 9.70. The van der Waals surface area contributed by atoms with Crippen molar-refractivity contribution in [2.75, 3.05) is 0 Å². The Hall–Kier alpha value is -4.85. The third kappa shape index (κ3) is 5.91. The summed E-state index contributed by atoms with van der Waals surface area (Å²) in [5.41, 5.74) is 3.21. The molecule has 0 bridgehead atoms. The molecule has 3 atom stereocenters. The summed E-state index contributed by atoms with van der Waals surface area (Å²) in [6.07, 6.45) is 11.6. The summed E-state index contributed by atoms with van der Waals surface area (Å²) in [6.45, 7) is 13.9. The van der Waals surface area contributed by atoms with E-state index in [1.165, 1.54) is 6.07 Å². The molecule has 0 radical (unpaired) electrons. The maximum Gasteiger partial charge on any atom is 0.268 e. The largest absolute Gasteiger partial charge is 0.508 e. The number of phenols is 2. The van der Waals surface area contributed by atoms with E-state index in [1.54, 1.807) is 6.08 Å². The lowest BCUT2D eigenvalue weighted by molar-refractivity contribution is -0.138. The van der Waals surface area contributed by atoms with Gasteiger partial charge in [0.25, 0.3) is 11.8 Å². The molecular formula is C38H43N3O5. The van der Waals surface area contributed by atoms with Crippen molar-refractivity contribution in [1.29, 1.82) is 0 Å². The van der Waals surface area contributed by atoms with Crippen LogP contribution in [0, 0.1) is 11.8 Å². The number of para-hydroxylation sites is 1. The quantitative estimate of drug-likeness (QED) is 0.0802. The van der Waals surface area contributed by atoms with Gasteiger partial charge in [0.15, 0.2) is 6.29 Å². The number of phenolic OH excluding ortho intramolecular Hbond substituents is 2. The SMILES string of the molecule is C=CC(C)(C)c1[nH]c2ccccc2c1/C=C1\NC(=O)[C@]2(C[C@H](CCc3c(O)cc(CC=C(C)C)c(O)c3C=O)C=C[C@@H]2C)NC1=O. The molecule has 8 heteroatoms. The fourth-order valence-corrected chi connectivity index (χ4v) is 6.57. The van der Waals surface area contributed by atoms with E-state index < -0.39 is 11.0 Å². The lowest BCUT2D eigenvalue weighted by Crippen LogP contribution is -2.68. The van der Waals surface area contributed by atoms with Crippen molar-refractivity contribution in [1.82, 2.24) is 15.6 Å². The van der Waals surface area contributed by atoms with Crippen LogP contribution in [0.3, 0.4) is 0 Å². The number of hydrogen-bond acceptors (Lipinski definition) is 5. The number of amides is 2. The first-order chi connectivity index (χ1) is 21.8. The van der Waals surface area contributed by atoms with Crippen LogP contribution in [0.5, 0.6) is 11.5 Å². The number of aromatic hydroxyl groups is 2. The predicted molar refractivity (Wildman–Crippen MR) is 182 cm³/mol. The van der Waals surface area contributed by atoms with Gasteiger partial charge in [-0.2, -0.15) is 0 Å². The molecule has 3 aromatic rings. The van der Waals surface area contributed by atoms with Crippen LogP contribution in [0.2, 0.25) is 0 Å². The molecule has 1 saturated heterocycles. The first-order valence-electron chi connectivity index (χ1n) is 15.7. The number of piperazine rings is 1. The number of hydrogen-bond donors (Lipinski definition) is 5. The van der Waals surface area contributed by atoms with E-state index in [1.807, 2.05) is 83.2 Å². The van der Waals surface area contributed by atoms with E-state index in [-0.39, 0.29) is 46.4 Å². The molecule has 8 nitrogen and oxygen atoms in total. The number of fused-ring (bicyclic) bond motifs is 1. The number of carbonyl (C=O) groups is 3.